The molecule has 1 aromatic rings. The topological polar surface area (TPSA) is 154 Å². The van der Waals surface area contributed by atoms with Gasteiger partial charge in [-0.25, -0.2) is 14.4 Å². The third kappa shape index (κ3) is 4.72. The van der Waals surface area contributed by atoms with Crippen molar-refractivity contribution in [3.8, 4) is 11.5 Å². The molecule has 0 amide bonds. The van der Waals surface area contributed by atoms with Crippen LogP contribution in [0.3, 0.4) is 0 Å². The number of hydrogen-bond acceptors (Lipinski definition) is 8. The smallest absolute Gasteiger partial charge is 0.340 e. The van der Waals surface area contributed by atoms with E-state index in [0.717, 1.165) is 0 Å². The van der Waals surface area contributed by atoms with Gasteiger partial charge < -0.3 is 24.4 Å². The minimum Gasteiger partial charge on any atom is -0.478 e. The standard InChI is InChI=1S/C18H18O10/c1-4-10-11(5-6-26-18(25)9(2)3)12(16(21)22)13(17(23)24)15(28-8-20)14(10)27-7-19/h7-8H,2,4-6H2,1,3H3,(H,21,22)(H,23,24). The number of ether oxygens (including phenoxy) is 3. The normalized spacial score (nSPS) is 9.93. The monoisotopic (exact) mass is 394 g/mol. The molecule has 1 rings (SSSR count). The van der Waals surface area contributed by atoms with E-state index >= 15 is 0 Å². The predicted octanol–water partition coefficient (Wildman–Crippen LogP) is 1.38. The highest BCUT2D eigenvalue weighted by molar-refractivity contribution is 6.06. The maximum absolute atomic E-state index is 11.8. The first kappa shape index (κ1) is 22.4. The number of aromatic carboxylic acids is 2. The van der Waals surface area contributed by atoms with E-state index in [-0.39, 0.29) is 49.1 Å². The van der Waals surface area contributed by atoms with Crippen LogP contribution in [0.2, 0.25) is 0 Å². The summed E-state index contributed by atoms with van der Waals surface area (Å²) in [6.45, 7) is 6.02. The van der Waals surface area contributed by atoms with Gasteiger partial charge in [-0.05, 0) is 18.9 Å². The van der Waals surface area contributed by atoms with Crippen LogP contribution in [-0.4, -0.2) is 47.7 Å². The van der Waals surface area contributed by atoms with E-state index in [1.807, 2.05) is 0 Å². The van der Waals surface area contributed by atoms with Gasteiger partial charge in [-0.3, -0.25) is 9.59 Å². The van der Waals surface area contributed by atoms with Gasteiger partial charge in [0.05, 0.1) is 12.2 Å². The first-order valence-electron chi connectivity index (χ1n) is 7.92. The van der Waals surface area contributed by atoms with E-state index in [9.17, 15) is 34.2 Å². The third-order valence-corrected chi connectivity index (χ3v) is 3.67. The Balaban J connectivity index is 3.74. The molecule has 2 N–H and O–H groups in total. The lowest BCUT2D eigenvalue weighted by Gasteiger charge is -2.20. The van der Waals surface area contributed by atoms with Crippen LogP contribution < -0.4 is 9.47 Å². The number of carboxylic acid groups (broad SMARTS) is 2. The van der Waals surface area contributed by atoms with Crippen LogP contribution in [0, 0.1) is 0 Å². The first-order chi connectivity index (χ1) is 13.2. The Morgan fingerprint density at radius 2 is 1.50 bits per heavy atom. The van der Waals surface area contributed by atoms with Crippen molar-refractivity contribution in [1.29, 1.82) is 0 Å². The summed E-state index contributed by atoms with van der Waals surface area (Å²) in [6.07, 6.45) is -0.0942. The number of carbonyl (C=O) groups excluding carboxylic acids is 3. The highest BCUT2D eigenvalue weighted by atomic mass is 16.6. The fourth-order valence-corrected chi connectivity index (χ4v) is 2.60. The molecular weight excluding hydrogens is 376 g/mol. The summed E-state index contributed by atoms with van der Waals surface area (Å²) in [5.41, 5.74) is -1.31. The largest absolute Gasteiger partial charge is 0.478 e. The minimum absolute atomic E-state index is 0.0108. The molecule has 28 heavy (non-hydrogen) atoms. The van der Waals surface area contributed by atoms with Crippen LogP contribution in [0.15, 0.2) is 12.2 Å². The molecule has 0 aromatic heterocycles. The summed E-state index contributed by atoms with van der Waals surface area (Å²) in [5, 5.41) is 19.1. The highest BCUT2D eigenvalue weighted by Gasteiger charge is 2.32. The van der Waals surface area contributed by atoms with Crippen LogP contribution in [0.4, 0.5) is 0 Å². The van der Waals surface area contributed by atoms with E-state index < -0.39 is 40.5 Å². The van der Waals surface area contributed by atoms with Crippen LogP contribution in [0.5, 0.6) is 11.5 Å². The summed E-state index contributed by atoms with van der Waals surface area (Å²) >= 11 is 0. The molecule has 0 radical (unpaired) electrons. The molecule has 0 fully saturated rings. The summed E-state index contributed by atoms with van der Waals surface area (Å²) < 4.78 is 14.4. The lowest BCUT2D eigenvalue weighted by Crippen LogP contribution is -2.19. The molecule has 0 atom stereocenters. The second-order valence-corrected chi connectivity index (χ2v) is 5.42. The molecule has 0 heterocycles. The summed E-state index contributed by atoms with van der Waals surface area (Å²) in [4.78, 5) is 56.7. The maximum Gasteiger partial charge on any atom is 0.340 e. The summed E-state index contributed by atoms with van der Waals surface area (Å²) in [6, 6.07) is 0. The molecule has 0 unspecified atom stereocenters. The van der Waals surface area contributed by atoms with E-state index in [1.54, 1.807) is 6.92 Å². The van der Waals surface area contributed by atoms with Crippen molar-refractivity contribution in [2.45, 2.75) is 26.7 Å². The van der Waals surface area contributed by atoms with Crippen molar-refractivity contribution in [3.63, 3.8) is 0 Å². The van der Waals surface area contributed by atoms with E-state index in [4.69, 9.17) is 9.47 Å². The van der Waals surface area contributed by atoms with Gasteiger partial charge in [0.15, 0.2) is 11.5 Å². The van der Waals surface area contributed by atoms with Gasteiger partial charge in [0, 0.05) is 17.6 Å². The van der Waals surface area contributed by atoms with Gasteiger partial charge in [-0.2, -0.15) is 0 Å². The Morgan fingerprint density at radius 3 is 1.93 bits per heavy atom. The first-order valence-corrected chi connectivity index (χ1v) is 7.92. The number of rotatable bonds is 11. The van der Waals surface area contributed by atoms with E-state index in [0.29, 0.717) is 0 Å². The summed E-state index contributed by atoms with van der Waals surface area (Å²) in [5.74, 6) is -5.13. The Labute approximate surface area is 159 Å². The van der Waals surface area contributed by atoms with Crippen molar-refractivity contribution in [1.82, 2.24) is 0 Å². The zero-order chi connectivity index (χ0) is 21.4. The molecule has 10 heteroatoms. The van der Waals surface area contributed by atoms with Gasteiger partial charge in [0.1, 0.15) is 5.56 Å². The second kappa shape index (κ2) is 9.86. The molecule has 0 saturated carbocycles. The van der Waals surface area contributed by atoms with Gasteiger partial charge in [-0.15, -0.1) is 0 Å². The van der Waals surface area contributed by atoms with Crippen molar-refractivity contribution in [2.24, 2.45) is 0 Å². The molecule has 150 valence electrons. The zero-order valence-corrected chi connectivity index (χ0v) is 15.1. The van der Waals surface area contributed by atoms with Crippen LogP contribution in [0.25, 0.3) is 0 Å². The molecule has 1 aromatic carbocycles. The lowest BCUT2D eigenvalue weighted by molar-refractivity contribution is -0.138. The Hall–Kier alpha value is -3.69. The van der Waals surface area contributed by atoms with Crippen LogP contribution in [-0.2, 0) is 32.0 Å². The van der Waals surface area contributed by atoms with Crippen molar-refractivity contribution >= 4 is 30.9 Å². The summed E-state index contributed by atoms with van der Waals surface area (Å²) in [7, 11) is 0. The maximum atomic E-state index is 11.8. The fraction of sp³-hybridized carbons (Fsp3) is 0.278. The van der Waals surface area contributed by atoms with Gasteiger partial charge in [0.2, 0.25) is 0 Å². The molecule has 0 spiro atoms. The van der Waals surface area contributed by atoms with E-state index in [1.165, 1.54) is 6.92 Å². The quantitative estimate of drug-likeness (QED) is 0.319. The minimum atomic E-state index is -1.71. The average molecular weight is 394 g/mol. The number of esters is 1. The Bertz CT molecular complexity index is 838. The SMILES string of the molecule is C=C(C)C(=O)OCCc1c(CC)c(OC=O)c(OC=O)c(C(=O)O)c1C(=O)O. The zero-order valence-electron chi connectivity index (χ0n) is 15.1. The lowest BCUT2D eigenvalue weighted by atomic mass is 9.90. The molecular formula is C18H18O10. The van der Waals surface area contributed by atoms with Gasteiger partial charge in [-0.1, -0.05) is 13.5 Å². The molecule has 0 aliphatic heterocycles. The number of carboxylic acids is 2. The fourth-order valence-electron chi connectivity index (χ4n) is 2.60. The highest BCUT2D eigenvalue weighted by Crippen LogP contribution is 2.41. The van der Waals surface area contributed by atoms with E-state index in [2.05, 4.69) is 11.3 Å². The Kier molecular flexibility index (Phi) is 7.87. The van der Waals surface area contributed by atoms with Gasteiger partial charge >= 0.3 is 17.9 Å². The molecule has 0 saturated heterocycles. The molecule has 10 nitrogen and oxygen atoms in total. The second-order valence-electron chi connectivity index (χ2n) is 5.42. The number of carbonyl (C=O) groups is 5. The van der Waals surface area contributed by atoms with Crippen LogP contribution >= 0.6 is 0 Å². The molecule has 0 aliphatic rings. The molecule has 0 bridgehead atoms. The number of hydrogen-bond donors (Lipinski definition) is 2. The Morgan fingerprint density at radius 1 is 0.964 bits per heavy atom. The third-order valence-electron chi connectivity index (χ3n) is 3.67. The van der Waals surface area contributed by atoms with Crippen molar-refractivity contribution < 1.29 is 48.4 Å². The van der Waals surface area contributed by atoms with Crippen molar-refractivity contribution in [2.75, 3.05) is 6.61 Å². The average Bonchev–Trinajstić information content (AvgIpc) is 2.62. The molecule has 0 aliphatic carbocycles. The van der Waals surface area contributed by atoms with Gasteiger partial charge in [0.25, 0.3) is 12.9 Å². The van der Waals surface area contributed by atoms with Crippen molar-refractivity contribution in [3.05, 3.63) is 34.4 Å². The van der Waals surface area contributed by atoms with Crippen LogP contribution in [0.1, 0.15) is 45.7 Å². The number of benzene rings is 1. The predicted molar refractivity (Wildman–Crippen MR) is 92.6 cm³/mol.